The van der Waals surface area contributed by atoms with E-state index in [0.717, 1.165) is 11.3 Å². The van der Waals surface area contributed by atoms with Crippen molar-refractivity contribution in [1.82, 2.24) is 14.4 Å². The Morgan fingerprint density at radius 3 is 2.95 bits per heavy atom. The number of imidazole rings is 1. The van der Waals surface area contributed by atoms with E-state index in [2.05, 4.69) is 15.3 Å². The van der Waals surface area contributed by atoms with Gasteiger partial charge in [0.05, 0.1) is 5.69 Å². The minimum absolute atomic E-state index is 0.0961. The maximum Gasteiger partial charge on any atom is 0.263 e. The molecule has 6 heteroatoms. The molecule has 0 radical (unpaired) electrons. The van der Waals surface area contributed by atoms with E-state index in [1.165, 1.54) is 0 Å². The van der Waals surface area contributed by atoms with Crippen molar-refractivity contribution in [3.05, 3.63) is 54.1 Å². The molecule has 0 atom stereocenters. The normalized spacial score (nSPS) is 10.6. The summed E-state index contributed by atoms with van der Waals surface area (Å²) >= 11 is 0. The summed E-state index contributed by atoms with van der Waals surface area (Å²) < 4.78 is 7.43. The van der Waals surface area contributed by atoms with E-state index in [1.807, 2.05) is 42.8 Å². The number of nitrogens with zero attached hydrogens (tertiary/aromatic N) is 3. The van der Waals surface area contributed by atoms with Crippen molar-refractivity contribution in [3.63, 3.8) is 0 Å². The average molecular weight is 296 g/mol. The monoisotopic (exact) mass is 296 g/mol. The van der Waals surface area contributed by atoms with E-state index < -0.39 is 0 Å². The molecule has 3 aromatic heterocycles. The molecule has 0 spiro atoms. The molecule has 0 saturated heterocycles. The molecule has 0 unspecified atom stereocenters. The van der Waals surface area contributed by atoms with Crippen LogP contribution in [0.25, 0.3) is 5.65 Å². The highest BCUT2D eigenvalue weighted by molar-refractivity contribution is 5.91. The van der Waals surface area contributed by atoms with E-state index in [0.29, 0.717) is 17.2 Å². The lowest BCUT2D eigenvalue weighted by atomic mass is 10.3. The fraction of sp³-hybridized carbons (Fsp3) is 0.188. The van der Waals surface area contributed by atoms with Gasteiger partial charge in [0.15, 0.2) is 18.0 Å². The quantitative estimate of drug-likeness (QED) is 0.802. The molecule has 112 valence electrons. The predicted molar refractivity (Wildman–Crippen MR) is 83.0 cm³/mol. The molecular weight excluding hydrogens is 280 g/mol. The van der Waals surface area contributed by atoms with Crippen LogP contribution in [0.3, 0.4) is 0 Å². The molecule has 6 nitrogen and oxygen atoms in total. The summed E-state index contributed by atoms with van der Waals surface area (Å²) in [6.07, 6.45) is 5.49. The van der Waals surface area contributed by atoms with Crippen LogP contribution < -0.4 is 10.1 Å². The van der Waals surface area contributed by atoms with Gasteiger partial charge in [-0.25, -0.2) is 9.97 Å². The van der Waals surface area contributed by atoms with Gasteiger partial charge in [-0.2, -0.15) is 0 Å². The van der Waals surface area contributed by atoms with Crippen LogP contribution in [0, 0.1) is 13.8 Å². The number of amides is 1. The lowest BCUT2D eigenvalue weighted by Gasteiger charge is -2.08. The second kappa shape index (κ2) is 5.85. The van der Waals surface area contributed by atoms with Crippen molar-refractivity contribution < 1.29 is 9.53 Å². The van der Waals surface area contributed by atoms with E-state index >= 15 is 0 Å². The first-order valence-corrected chi connectivity index (χ1v) is 6.91. The number of rotatable bonds is 4. The number of carbonyl (C=O) groups is 1. The number of anilines is 1. The molecule has 0 aliphatic heterocycles. The molecule has 22 heavy (non-hydrogen) atoms. The second-order valence-electron chi connectivity index (χ2n) is 5.04. The van der Waals surface area contributed by atoms with Crippen LogP contribution >= 0.6 is 0 Å². The number of fused-ring (bicyclic) bond motifs is 1. The maximum absolute atomic E-state index is 11.9. The maximum atomic E-state index is 11.9. The van der Waals surface area contributed by atoms with Gasteiger partial charge < -0.3 is 14.5 Å². The van der Waals surface area contributed by atoms with E-state index in [-0.39, 0.29) is 12.5 Å². The molecule has 0 aliphatic carbocycles. The summed E-state index contributed by atoms with van der Waals surface area (Å²) in [4.78, 5) is 20.4. The molecule has 1 N–H and O–H groups in total. The minimum atomic E-state index is -0.262. The Balaban J connectivity index is 1.66. The molecule has 0 saturated carbocycles. The Kier molecular flexibility index (Phi) is 3.74. The van der Waals surface area contributed by atoms with Crippen molar-refractivity contribution in [2.45, 2.75) is 13.8 Å². The summed E-state index contributed by atoms with van der Waals surface area (Å²) in [7, 11) is 0. The van der Waals surface area contributed by atoms with Crippen LogP contribution in [0.15, 0.2) is 42.9 Å². The van der Waals surface area contributed by atoms with Gasteiger partial charge in [-0.1, -0.05) is 6.07 Å². The Labute approximate surface area is 127 Å². The molecule has 0 aromatic carbocycles. The van der Waals surface area contributed by atoms with E-state index in [4.69, 9.17) is 4.74 Å². The zero-order valence-corrected chi connectivity index (χ0v) is 12.4. The largest absolute Gasteiger partial charge is 0.480 e. The number of aromatic nitrogens is 3. The van der Waals surface area contributed by atoms with Crippen molar-refractivity contribution in [2.24, 2.45) is 0 Å². The van der Waals surface area contributed by atoms with Crippen LogP contribution in [-0.2, 0) is 4.79 Å². The lowest BCUT2D eigenvalue weighted by Crippen LogP contribution is -2.20. The third-order valence-electron chi connectivity index (χ3n) is 3.11. The van der Waals surface area contributed by atoms with Crippen molar-refractivity contribution in [1.29, 1.82) is 0 Å². The molecule has 0 bridgehead atoms. The number of aryl methyl sites for hydroxylation is 2. The highest BCUT2D eigenvalue weighted by Crippen LogP contribution is 2.18. The van der Waals surface area contributed by atoms with E-state index in [1.54, 1.807) is 18.3 Å². The van der Waals surface area contributed by atoms with Crippen molar-refractivity contribution in [2.75, 3.05) is 11.9 Å². The molecule has 3 aromatic rings. The topological polar surface area (TPSA) is 68.5 Å². The van der Waals surface area contributed by atoms with Crippen molar-refractivity contribution >= 4 is 17.4 Å². The zero-order chi connectivity index (χ0) is 15.5. The van der Waals surface area contributed by atoms with Gasteiger partial charge in [-0.05, 0) is 37.6 Å². The first-order valence-electron chi connectivity index (χ1n) is 6.91. The van der Waals surface area contributed by atoms with Gasteiger partial charge >= 0.3 is 0 Å². The smallest absolute Gasteiger partial charge is 0.263 e. The van der Waals surface area contributed by atoms with Crippen LogP contribution in [0.1, 0.15) is 11.3 Å². The Hall–Kier alpha value is -2.89. The molecule has 3 heterocycles. The van der Waals surface area contributed by atoms with Gasteiger partial charge in [-0.15, -0.1) is 0 Å². The average Bonchev–Trinajstić information content (AvgIpc) is 2.88. The molecule has 0 aliphatic rings. The zero-order valence-electron chi connectivity index (χ0n) is 12.4. The number of ether oxygens (including phenoxy) is 1. The first-order chi connectivity index (χ1) is 10.6. The summed E-state index contributed by atoms with van der Waals surface area (Å²) in [6, 6.07) is 7.28. The summed E-state index contributed by atoms with van der Waals surface area (Å²) in [5, 5.41) is 2.69. The SMILES string of the molecule is Cc1ccc(NC(=O)COc2cccn3cc(C)nc23)nc1. The summed E-state index contributed by atoms with van der Waals surface area (Å²) in [5.74, 6) is 0.818. The van der Waals surface area contributed by atoms with Crippen LogP contribution in [0.2, 0.25) is 0 Å². The summed E-state index contributed by atoms with van der Waals surface area (Å²) in [6.45, 7) is 3.75. The van der Waals surface area contributed by atoms with Gasteiger partial charge in [-0.3, -0.25) is 4.79 Å². The highest BCUT2D eigenvalue weighted by atomic mass is 16.5. The standard InChI is InChI=1S/C16H16N4O2/c1-11-5-6-14(17-8-11)19-15(21)10-22-13-4-3-7-20-9-12(2)18-16(13)20/h3-9H,10H2,1-2H3,(H,17,19,21). The summed E-state index contributed by atoms with van der Waals surface area (Å²) in [5.41, 5.74) is 2.63. The van der Waals surface area contributed by atoms with Crippen LogP contribution in [0.4, 0.5) is 5.82 Å². The van der Waals surface area contributed by atoms with Gasteiger partial charge in [0.1, 0.15) is 5.82 Å². The number of hydrogen-bond acceptors (Lipinski definition) is 4. The van der Waals surface area contributed by atoms with Gasteiger partial charge in [0, 0.05) is 18.6 Å². The fourth-order valence-electron chi connectivity index (χ4n) is 2.09. The lowest BCUT2D eigenvalue weighted by molar-refractivity contribution is -0.118. The predicted octanol–water partition coefficient (Wildman–Crippen LogP) is 2.36. The van der Waals surface area contributed by atoms with Gasteiger partial charge in [0.25, 0.3) is 5.91 Å². The number of nitrogens with one attached hydrogen (secondary N) is 1. The Morgan fingerprint density at radius 1 is 1.32 bits per heavy atom. The molecule has 0 fully saturated rings. The number of hydrogen-bond donors (Lipinski definition) is 1. The minimum Gasteiger partial charge on any atom is -0.480 e. The Morgan fingerprint density at radius 2 is 2.18 bits per heavy atom. The molecular formula is C16H16N4O2. The molecule has 1 amide bonds. The first kappa shape index (κ1) is 14.1. The van der Waals surface area contributed by atoms with Crippen LogP contribution in [0.5, 0.6) is 5.75 Å². The third-order valence-corrected chi connectivity index (χ3v) is 3.11. The Bertz CT molecular complexity index is 809. The van der Waals surface area contributed by atoms with Crippen molar-refractivity contribution in [3.8, 4) is 5.75 Å². The van der Waals surface area contributed by atoms with Crippen LogP contribution in [-0.4, -0.2) is 26.9 Å². The highest BCUT2D eigenvalue weighted by Gasteiger charge is 2.08. The van der Waals surface area contributed by atoms with E-state index in [9.17, 15) is 4.79 Å². The third kappa shape index (κ3) is 3.06. The number of pyridine rings is 2. The number of carbonyl (C=O) groups excluding carboxylic acids is 1. The second-order valence-corrected chi connectivity index (χ2v) is 5.04. The van der Waals surface area contributed by atoms with Gasteiger partial charge in [0.2, 0.25) is 0 Å². The molecule has 3 rings (SSSR count). The fourth-order valence-corrected chi connectivity index (χ4v) is 2.09.